The van der Waals surface area contributed by atoms with Gasteiger partial charge in [-0.2, -0.15) is 5.10 Å². The number of anilines is 1. The van der Waals surface area contributed by atoms with Gasteiger partial charge >= 0.3 is 0 Å². The minimum atomic E-state index is 0.630. The SMILES string of the molecule is CCCCc1ccc(NC(=S)NCc2cnn(CC)c2)cc1. The second-order valence-corrected chi connectivity index (χ2v) is 5.72. The van der Waals surface area contributed by atoms with E-state index in [9.17, 15) is 0 Å². The number of unbranched alkanes of at least 4 members (excludes halogenated alkanes) is 1. The van der Waals surface area contributed by atoms with E-state index in [1.54, 1.807) is 0 Å². The molecule has 1 aromatic carbocycles. The van der Waals surface area contributed by atoms with E-state index in [-0.39, 0.29) is 0 Å². The highest BCUT2D eigenvalue weighted by atomic mass is 32.1. The van der Waals surface area contributed by atoms with Crippen molar-refractivity contribution in [1.82, 2.24) is 15.1 Å². The van der Waals surface area contributed by atoms with Gasteiger partial charge in [-0.25, -0.2) is 0 Å². The summed E-state index contributed by atoms with van der Waals surface area (Å²) in [7, 11) is 0. The van der Waals surface area contributed by atoms with Gasteiger partial charge in [0.1, 0.15) is 0 Å². The number of nitrogens with zero attached hydrogens (tertiary/aromatic N) is 2. The lowest BCUT2D eigenvalue weighted by molar-refractivity contribution is 0.659. The molecule has 2 rings (SSSR count). The lowest BCUT2D eigenvalue weighted by Crippen LogP contribution is -2.27. The molecule has 1 aromatic heterocycles. The molecular formula is C17H24N4S. The number of nitrogens with one attached hydrogen (secondary N) is 2. The van der Waals surface area contributed by atoms with Crippen LogP contribution in [-0.4, -0.2) is 14.9 Å². The molecule has 0 bridgehead atoms. The zero-order chi connectivity index (χ0) is 15.8. The molecule has 22 heavy (non-hydrogen) atoms. The van der Waals surface area contributed by atoms with Gasteiger partial charge in [-0.15, -0.1) is 0 Å². The fraction of sp³-hybridized carbons (Fsp3) is 0.412. The predicted octanol–water partition coefficient (Wildman–Crippen LogP) is 3.73. The molecule has 118 valence electrons. The summed E-state index contributed by atoms with van der Waals surface area (Å²) in [6.07, 6.45) is 7.49. The molecule has 0 unspecified atom stereocenters. The van der Waals surface area contributed by atoms with Crippen LogP contribution in [0.1, 0.15) is 37.8 Å². The Kier molecular flexibility index (Phi) is 6.40. The third-order valence-electron chi connectivity index (χ3n) is 3.49. The van der Waals surface area contributed by atoms with E-state index < -0.39 is 0 Å². The smallest absolute Gasteiger partial charge is 0.171 e. The van der Waals surface area contributed by atoms with E-state index in [0.717, 1.165) is 24.2 Å². The number of aryl methyl sites for hydroxylation is 2. The van der Waals surface area contributed by atoms with Crippen molar-refractivity contribution < 1.29 is 0 Å². The molecule has 2 N–H and O–H groups in total. The molecule has 0 saturated heterocycles. The summed E-state index contributed by atoms with van der Waals surface area (Å²) in [5, 5.41) is 11.3. The Morgan fingerprint density at radius 2 is 1.95 bits per heavy atom. The largest absolute Gasteiger partial charge is 0.358 e. The first-order valence-corrected chi connectivity index (χ1v) is 8.27. The number of thiocarbonyl (C=S) groups is 1. The minimum Gasteiger partial charge on any atom is -0.358 e. The molecule has 1 heterocycles. The van der Waals surface area contributed by atoms with Crippen LogP contribution in [0.2, 0.25) is 0 Å². The minimum absolute atomic E-state index is 0.630. The third-order valence-corrected chi connectivity index (χ3v) is 3.74. The van der Waals surface area contributed by atoms with Gasteiger partial charge in [0.15, 0.2) is 5.11 Å². The summed E-state index contributed by atoms with van der Waals surface area (Å²) >= 11 is 5.32. The van der Waals surface area contributed by atoms with Crippen LogP contribution in [0.3, 0.4) is 0 Å². The molecule has 2 aromatic rings. The molecule has 0 aliphatic carbocycles. The number of hydrogen-bond acceptors (Lipinski definition) is 2. The Balaban J connectivity index is 1.78. The first kappa shape index (κ1) is 16.5. The summed E-state index contributed by atoms with van der Waals surface area (Å²) in [4.78, 5) is 0. The van der Waals surface area contributed by atoms with Gasteiger partial charge in [0.25, 0.3) is 0 Å². The molecular weight excluding hydrogens is 292 g/mol. The van der Waals surface area contributed by atoms with Crippen molar-refractivity contribution in [3.05, 3.63) is 47.8 Å². The van der Waals surface area contributed by atoms with Crippen LogP contribution in [0.25, 0.3) is 0 Å². The van der Waals surface area contributed by atoms with Gasteiger partial charge in [-0.05, 0) is 49.7 Å². The van der Waals surface area contributed by atoms with Crippen LogP contribution < -0.4 is 10.6 Å². The lowest BCUT2D eigenvalue weighted by atomic mass is 10.1. The van der Waals surface area contributed by atoms with E-state index >= 15 is 0 Å². The second kappa shape index (κ2) is 8.54. The summed E-state index contributed by atoms with van der Waals surface area (Å²) in [6, 6.07) is 8.47. The van der Waals surface area contributed by atoms with Crippen molar-refractivity contribution in [1.29, 1.82) is 0 Å². The van der Waals surface area contributed by atoms with Crippen molar-refractivity contribution in [3.63, 3.8) is 0 Å². The van der Waals surface area contributed by atoms with Gasteiger partial charge in [0, 0.05) is 30.5 Å². The highest BCUT2D eigenvalue weighted by molar-refractivity contribution is 7.80. The van der Waals surface area contributed by atoms with Crippen LogP contribution in [-0.2, 0) is 19.5 Å². The number of aromatic nitrogens is 2. The van der Waals surface area contributed by atoms with E-state index in [0.29, 0.717) is 11.7 Å². The van der Waals surface area contributed by atoms with Crippen molar-refractivity contribution in [3.8, 4) is 0 Å². The molecule has 0 aliphatic rings. The average Bonchev–Trinajstić information content (AvgIpc) is 3.00. The zero-order valence-corrected chi connectivity index (χ0v) is 14.1. The van der Waals surface area contributed by atoms with Gasteiger partial charge in [0.2, 0.25) is 0 Å². The summed E-state index contributed by atoms with van der Waals surface area (Å²) in [5.74, 6) is 0. The topological polar surface area (TPSA) is 41.9 Å². The van der Waals surface area contributed by atoms with Crippen LogP contribution in [0.5, 0.6) is 0 Å². The first-order valence-electron chi connectivity index (χ1n) is 7.86. The molecule has 0 radical (unpaired) electrons. The maximum atomic E-state index is 5.32. The maximum Gasteiger partial charge on any atom is 0.171 e. The van der Waals surface area contributed by atoms with E-state index in [4.69, 9.17) is 12.2 Å². The standard InChI is InChI=1S/C17H24N4S/c1-3-5-6-14-7-9-16(10-8-14)20-17(22)18-11-15-12-19-21(4-2)13-15/h7-10,12-13H,3-6,11H2,1-2H3,(H2,18,20,22). The predicted molar refractivity (Wildman–Crippen MR) is 96.0 cm³/mol. The van der Waals surface area contributed by atoms with Crippen molar-refractivity contribution >= 4 is 23.0 Å². The Labute approximate surface area is 137 Å². The fourth-order valence-corrected chi connectivity index (χ4v) is 2.35. The van der Waals surface area contributed by atoms with Crippen molar-refractivity contribution in [2.75, 3.05) is 5.32 Å². The van der Waals surface area contributed by atoms with Crippen LogP contribution in [0.15, 0.2) is 36.7 Å². The normalized spacial score (nSPS) is 10.5. The average molecular weight is 316 g/mol. The number of benzene rings is 1. The van der Waals surface area contributed by atoms with Gasteiger partial charge in [-0.1, -0.05) is 25.5 Å². The fourth-order valence-electron chi connectivity index (χ4n) is 2.16. The molecule has 0 atom stereocenters. The summed E-state index contributed by atoms with van der Waals surface area (Å²) in [5.41, 5.74) is 3.51. The second-order valence-electron chi connectivity index (χ2n) is 5.31. The molecule has 0 spiro atoms. The van der Waals surface area contributed by atoms with Gasteiger partial charge in [-0.3, -0.25) is 4.68 Å². The van der Waals surface area contributed by atoms with Gasteiger partial charge < -0.3 is 10.6 Å². The quantitative estimate of drug-likeness (QED) is 0.764. The highest BCUT2D eigenvalue weighted by Gasteiger charge is 2.01. The maximum absolute atomic E-state index is 5.32. The monoisotopic (exact) mass is 316 g/mol. The molecule has 5 heteroatoms. The molecule has 0 fully saturated rings. The molecule has 0 aliphatic heterocycles. The zero-order valence-electron chi connectivity index (χ0n) is 13.3. The number of rotatable bonds is 7. The summed E-state index contributed by atoms with van der Waals surface area (Å²) < 4.78 is 1.91. The Hall–Kier alpha value is -1.88. The molecule has 4 nitrogen and oxygen atoms in total. The highest BCUT2D eigenvalue weighted by Crippen LogP contribution is 2.11. The first-order chi connectivity index (χ1) is 10.7. The van der Waals surface area contributed by atoms with Crippen LogP contribution in [0.4, 0.5) is 5.69 Å². The Morgan fingerprint density at radius 1 is 1.18 bits per heavy atom. The Morgan fingerprint density at radius 3 is 2.59 bits per heavy atom. The molecule has 0 saturated carbocycles. The summed E-state index contributed by atoms with van der Waals surface area (Å²) in [6.45, 7) is 5.85. The van der Waals surface area contributed by atoms with E-state index in [2.05, 4.69) is 53.8 Å². The van der Waals surface area contributed by atoms with Crippen LogP contribution >= 0.6 is 12.2 Å². The third kappa shape index (κ3) is 5.15. The van der Waals surface area contributed by atoms with Crippen molar-refractivity contribution in [2.45, 2.75) is 46.2 Å². The van der Waals surface area contributed by atoms with Crippen LogP contribution in [0, 0.1) is 0 Å². The van der Waals surface area contributed by atoms with Crippen molar-refractivity contribution in [2.24, 2.45) is 0 Å². The lowest BCUT2D eigenvalue weighted by Gasteiger charge is -2.10. The van der Waals surface area contributed by atoms with E-state index in [1.807, 2.05) is 17.1 Å². The van der Waals surface area contributed by atoms with Gasteiger partial charge in [0.05, 0.1) is 6.20 Å². The Bertz CT molecular complexity index is 589. The molecule has 0 amide bonds. The number of hydrogen-bond donors (Lipinski definition) is 2. The van der Waals surface area contributed by atoms with E-state index in [1.165, 1.54) is 18.4 Å².